The fourth-order valence-corrected chi connectivity index (χ4v) is 4.22. The van der Waals surface area contributed by atoms with Crippen molar-refractivity contribution < 1.29 is 32.7 Å². The van der Waals surface area contributed by atoms with Crippen LogP contribution in [0.15, 0.2) is 88.1 Å². The minimum absolute atomic E-state index is 0.0683. The minimum atomic E-state index is -1.00. The van der Waals surface area contributed by atoms with Crippen LogP contribution in [0, 0.1) is 6.92 Å². The molecule has 0 saturated heterocycles. The van der Waals surface area contributed by atoms with Crippen LogP contribution in [0.1, 0.15) is 39.0 Å². The molecule has 1 atom stereocenters. The van der Waals surface area contributed by atoms with Crippen LogP contribution in [-0.4, -0.2) is 36.0 Å². The number of ether oxygens (including phenoxy) is 2. The second kappa shape index (κ2) is 11.6. The van der Waals surface area contributed by atoms with Gasteiger partial charge in [-0.1, -0.05) is 35.9 Å². The number of nitrogens with zero attached hydrogens (tertiary/aromatic N) is 1. The summed E-state index contributed by atoms with van der Waals surface area (Å²) in [5.74, 6) is 0.411. The molecule has 1 aliphatic rings. The highest BCUT2D eigenvalue weighted by Crippen LogP contribution is 2.34. The maximum absolute atomic E-state index is 13.7. The van der Waals surface area contributed by atoms with Gasteiger partial charge < -0.3 is 33.8 Å². The minimum Gasteiger partial charge on any atom is -0.467 e. The van der Waals surface area contributed by atoms with Crippen LogP contribution in [0.2, 0.25) is 0 Å². The molecule has 0 radical (unpaired) electrons. The summed E-state index contributed by atoms with van der Waals surface area (Å²) in [6.45, 7) is 1.92. The summed E-state index contributed by atoms with van der Waals surface area (Å²) in [4.78, 5) is 41.3. The zero-order valence-electron chi connectivity index (χ0n) is 21.2. The van der Waals surface area contributed by atoms with Crippen molar-refractivity contribution in [3.05, 3.63) is 107 Å². The van der Waals surface area contributed by atoms with Gasteiger partial charge in [-0.15, -0.1) is 0 Å². The fraction of sp³-hybridized carbons (Fsp3) is 0.207. The third-order valence-corrected chi connectivity index (χ3v) is 6.23. The number of hydrogen-bond acceptors (Lipinski definition) is 7. The Morgan fingerprint density at radius 2 is 1.67 bits per heavy atom. The van der Waals surface area contributed by atoms with E-state index in [-0.39, 0.29) is 32.2 Å². The number of nitrogens with one attached hydrogen (secondary N) is 2. The van der Waals surface area contributed by atoms with E-state index in [4.69, 9.17) is 18.3 Å². The molecular weight excluding hydrogens is 502 g/mol. The maximum atomic E-state index is 13.7. The number of aryl methyl sites for hydroxylation is 1. The SMILES string of the molecule is Cc1ccc([C@@H](C(=O)NCc2ccco2)N(Cc2ccc3c(c2)OCO3)C(=O)CNC(=O)c2ccco2)cc1. The monoisotopic (exact) mass is 529 g/mol. The first-order valence-electron chi connectivity index (χ1n) is 12.3. The molecule has 3 heterocycles. The molecule has 0 spiro atoms. The van der Waals surface area contributed by atoms with Gasteiger partial charge in [0, 0.05) is 6.54 Å². The Balaban J connectivity index is 1.45. The summed E-state index contributed by atoms with van der Waals surface area (Å²) in [5.41, 5.74) is 2.35. The highest BCUT2D eigenvalue weighted by molar-refractivity contribution is 5.95. The lowest BCUT2D eigenvalue weighted by Crippen LogP contribution is -2.46. The Morgan fingerprint density at radius 1 is 0.897 bits per heavy atom. The molecule has 10 nitrogen and oxygen atoms in total. The van der Waals surface area contributed by atoms with Crippen LogP contribution in [0.5, 0.6) is 11.5 Å². The molecule has 0 unspecified atom stereocenters. The number of furan rings is 2. The van der Waals surface area contributed by atoms with Crippen molar-refractivity contribution in [2.75, 3.05) is 13.3 Å². The van der Waals surface area contributed by atoms with Gasteiger partial charge in [0.25, 0.3) is 5.91 Å². The second-order valence-electron chi connectivity index (χ2n) is 8.98. The molecule has 2 N–H and O–H groups in total. The number of carbonyl (C=O) groups excluding carboxylic acids is 3. The van der Waals surface area contributed by atoms with E-state index < -0.39 is 23.8 Å². The van der Waals surface area contributed by atoms with E-state index in [0.29, 0.717) is 22.8 Å². The van der Waals surface area contributed by atoms with E-state index in [1.807, 2.05) is 37.3 Å². The summed E-state index contributed by atoms with van der Waals surface area (Å²) >= 11 is 0. The molecule has 1 aliphatic heterocycles. The van der Waals surface area contributed by atoms with Crippen LogP contribution < -0.4 is 20.1 Å². The van der Waals surface area contributed by atoms with Gasteiger partial charge in [-0.05, 0) is 54.4 Å². The number of carbonyl (C=O) groups is 3. The van der Waals surface area contributed by atoms with Crippen molar-refractivity contribution in [1.29, 1.82) is 0 Å². The summed E-state index contributed by atoms with van der Waals surface area (Å²) in [6, 6.07) is 18.3. The number of fused-ring (bicyclic) bond motifs is 1. The molecular formula is C29H27N3O7. The van der Waals surface area contributed by atoms with Gasteiger partial charge >= 0.3 is 0 Å². The van der Waals surface area contributed by atoms with Crippen molar-refractivity contribution in [1.82, 2.24) is 15.5 Å². The number of amides is 3. The summed E-state index contributed by atoms with van der Waals surface area (Å²) in [6.07, 6.45) is 2.90. The van der Waals surface area contributed by atoms with Crippen molar-refractivity contribution >= 4 is 17.7 Å². The van der Waals surface area contributed by atoms with Gasteiger partial charge in [0.05, 0.1) is 25.6 Å². The van der Waals surface area contributed by atoms with Crippen LogP contribution >= 0.6 is 0 Å². The van der Waals surface area contributed by atoms with Gasteiger partial charge in [0.2, 0.25) is 18.6 Å². The molecule has 3 amide bonds. The third kappa shape index (κ3) is 6.12. The van der Waals surface area contributed by atoms with Crippen LogP contribution in [-0.2, 0) is 22.7 Å². The van der Waals surface area contributed by atoms with E-state index in [1.54, 1.807) is 30.3 Å². The van der Waals surface area contributed by atoms with Gasteiger partial charge in [0.15, 0.2) is 17.3 Å². The largest absolute Gasteiger partial charge is 0.467 e. The van der Waals surface area contributed by atoms with E-state index in [2.05, 4.69) is 10.6 Å². The van der Waals surface area contributed by atoms with Crippen LogP contribution in [0.3, 0.4) is 0 Å². The Hall–Kier alpha value is -4.99. The topological polar surface area (TPSA) is 123 Å². The molecule has 2 aromatic heterocycles. The molecule has 0 saturated carbocycles. The lowest BCUT2D eigenvalue weighted by atomic mass is 10.0. The second-order valence-corrected chi connectivity index (χ2v) is 8.98. The van der Waals surface area contributed by atoms with Crippen molar-refractivity contribution in [3.63, 3.8) is 0 Å². The normalized spacial score (nSPS) is 12.5. The standard InChI is InChI=1S/C29H27N3O7/c1-19-6-9-21(10-7-19)27(29(35)30-15-22-4-2-12-36-22)32(17-20-8-11-23-25(14-20)39-18-38-23)26(33)16-31-28(34)24-5-3-13-37-24/h2-14,27H,15-18H2,1H3,(H,30,35)(H,31,34)/t27-/m0/s1. The van der Waals surface area contributed by atoms with E-state index in [9.17, 15) is 14.4 Å². The molecule has 0 bridgehead atoms. The fourth-order valence-electron chi connectivity index (χ4n) is 4.22. The molecule has 0 aliphatic carbocycles. The first-order valence-corrected chi connectivity index (χ1v) is 12.3. The number of hydrogen-bond donors (Lipinski definition) is 2. The lowest BCUT2D eigenvalue weighted by molar-refractivity contribution is -0.141. The molecule has 4 aromatic rings. The van der Waals surface area contributed by atoms with Gasteiger partial charge in [-0.2, -0.15) is 0 Å². The smallest absolute Gasteiger partial charge is 0.287 e. The summed E-state index contributed by atoms with van der Waals surface area (Å²) in [7, 11) is 0. The molecule has 2 aromatic carbocycles. The van der Waals surface area contributed by atoms with Gasteiger partial charge in [0.1, 0.15) is 11.8 Å². The van der Waals surface area contributed by atoms with Gasteiger partial charge in [-0.3, -0.25) is 14.4 Å². The molecule has 39 heavy (non-hydrogen) atoms. The third-order valence-electron chi connectivity index (χ3n) is 6.23. The predicted molar refractivity (Wildman–Crippen MR) is 139 cm³/mol. The van der Waals surface area contributed by atoms with Gasteiger partial charge in [-0.25, -0.2) is 0 Å². The average Bonchev–Trinajstić information content (AvgIpc) is 3.74. The summed E-state index contributed by atoms with van der Waals surface area (Å²) < 4.78 is 21.4. The van der Waals surface area contributed by atoms with Crippen LogP contribution in [0.25, 0.3) is 0 Å². The Kier molecular flexibility index (Phi) is 7.63. The van der Waals surface area contributed by atoms with Crippen molar-refractivity contribution in [2.24, 2.45) is 0 Å². The zero-order chi connectivity index (χ0) is 27.2. The predicted octanol–water partition coefficient (Wildman–Crippen LogP) is 3.73. The Bertz CT molecular complexity index is 1430. The molecule has 0 fully saturated rings. The Labute approximate surface area is 224 Å². The number of rotatable bonds is 10. The van der Waals surface area contributed by atoms with Crippen molar-refractivity contribution in [2.45, 2.75) is 26.1 Å². The maximum Gasteiger partial charge on any atom is 0.287 e. The molecule has 10 heteroatoms. The highest BCUT2D eigenvalue weighted by atomic mass is 16.7. The lowest BCUT2D eigenvalue weighted by Gasteiger charge is -2.32. The van der Waals surface area contributed by atoms with Crippen molar-refractivity contribution in [3.8, 4) is 11.5 Å². The Morgan fingerprint density at radius 3 is 2.41 bits per heavy atom. The van der Waals surface area contributed by atoms with E-state index in [0.717, 1.165) is 11.1 Å². The molecule has 5 rings (SSSR count). The molecule has 200 valence electrons. The highest BCUT2D eigenvalue weighted by Gasteiger charge is 2.32. The van der Waals surface area contributed by atoms with Crippen LogP contribution in [0.4, 0.5) is 0 Å². The average molecular weight is 530 g/mol. The van der Waals surface area contributed by atoms with E-state index in [1.165, 1.54) is 23.5 Å². The quantitative estimate of drug-likeness (QED) is 0.321. The summed E-state index contributed by atoms with van der Waals surface area (Å²) in [5, 5.41) is 5.46. The zero-order valence-corrected chi connectivity index (χ0v) is 21.2. The number of benzene rings is 2. The van der Waals surface area contributed by atoms with E-state index >= 15 is 0 Å². The first-order chi connectivity index (χ1) is 19.0. The first kappa shape index (κ1) is 25.7.